The summed E-state index contributed by atoms with van der Waals surface area (Å²) in [6.45, 7) is 0. The molecule has 3 rings (SSSR count). The van der Waals surface area contributed by atoms with E-state index in [1.54, 1.807) is 0 Å². The fourth-order valence-electron chi connectivity index (χ4n) is 2.88. The van der Waals surface area contributed by atoms with Crippen LogP contribution in [0, 0.1) is 0 Å². The first kappa shape index (κ1) is 13.5. The van der Waals surface area contributed by atoms with Gasteiger partial charge in [0.1, 0.15) is 0 Å². The summed E-state index contributed by atoms with van der Waals surface area (Å²) in [5.41, 5.74) is 21.5. The molecule has 2 atom stereocenters. The number of hydrogen-bond donors (Lipinski definition) is 3. The SMILES string of the molecule is Nc1cccc(C2C=CC=CC2(N)c2cccc(N)c2)c1. The van der Waals surface area contributed by atoms with Gasteiger partial charge < -0.3 is 17.2 Å². The summed E-state index contributed by atoms with van der Waals surface area (Å²) in [7, 11) is 0. The molecule has 0 aromatic heterocycles. The minimum Gasteiger partial charge on any atom is -0.399 e. The maximum absolute atomic E-state index is 6.74. The number of anilines is 2. The van der Waals surface area contributed by atoms with E-state index in [9.17, 15) is 0 Å². The zero-order valence-corrected chi connectivity index (χ0v) is 11.7. The van der Waals surface area contributed by atoms with Gasteiger partial charge in [-0.3, -0.25) is 0 Å². The highest BCUT2D eigenvalue weighted by atomic mass is 14.8. The number of allylic oxidation sites excluding steroid dienone is 2. The second-order valence-corrected chi connectivity index (χ2v) is 5.45. The molecule has 0 bridgehead atoms. The quantitative estimate of drug-likeness (QED) is 0.738. The van der Waals surface area contributed by atoms with Crippen molar-refractivity contribution in [1.82, 2.24) is 0 Å². The molecule has 6 N–H and O–H groups in total. The Morgan fingerprint density at radius 2 is 1.57 bits per heavy atom. The van der Waals surface area contributed by atoms with Gasteiger partial charge >= 0.3 is 0 Å². The van der Waals surface area contributed by atoms with Crippen LogP contribution in [0.3, 0.4) is 0 Å². The summed E-state index contributed by atoms with van der Waals surface area (Å²) < 4.78 is 0. The average Bonchev–Trinajstić information content (AvgIpc) is 2.48. The monoisotopic (exact) mass is 277 g/mol. The predicted molar refractivity (Wildman–Crippen MR) is 88.6 cm³/mol. The summed E-state index contributed by atoms with van der Waals surface area (Å²) in [6.07, 6.45) is 8.13. The Hall–Kier alpha value is -2.52. The van der Waals surface area contributed by atoms with Crippen molar-refractivity contribution in [3.05, 3.63) is 84.0 Å². The van der Waals surface area contributed by atoms with Gasteiger partial charge in [0.2, 0.25) is 0 Å². The Morgan fingerprint density at radius 3 is 2.29 bits per heavy atom. The molecule has 0 aliphatic heterocycles. The number of nitrogen functional groups attached to an aromatic ring is 2. The molecular weight excluding hydrogens is 258 g/mol. The largest absolute Gasteiger partial charge is 0.399 e. The summed E-state index contributed by atoms with van der Waals surface area (Å²) in [5, 5.41) is 0. The molecule has 106 valence electrons. The van der Waals surface area contributed by atoms with Crippen molar-refractivity contribution < 1.29 is 0 Å². The first-order valence-electron chi connectivity index (χ1n) is 6.96. The molecule has 1 aliphatic rings. The first-order chi connectivity index (χ1) is 10.1. The predicted octanol–water partition coefficient (Wildman–Crippen LogP) is 2.91. The zero-order valence-electron chi connectivity index (χ0n) is 11.7. The van der Waals surface area contributed by atoms with Gasteiger partial charge in [0, 0.05) is 17.3 Å². The van der Waals surface area contributed by atoms with Crippen LogP contribution in [-0.2, 0) is 5.54 Å². The van der Waals surface area contributed by atoms with E-state index in [4.69, 9.17) is 17.2 Å². The third-order valence-electron chi connectivity index (χ3n) is 3.96. The summed E-state index contributed by atoms with van der Waals surface area (Å²) >= 11 is 0. The lowest BCUT2D eigenvalue weighted by Gasteiger charge is -2.36. The van der Waals surface area contributed by atoms with Crippen molar-refractivity contribution in [3.63, 3.8) is 0 Å². The number of rotatable bonds is 2. The van der Waals surface area contributed by atoms with E-state index < -0.39 is 5.54 Å². The molecule has 0 spiro atoms. The fraction of sp³-hybridized carbons (Fsp3) is 0.111. The molecule has 1 aliphatic carbocycles. The lowest BCUT2D eigenvalue weighted by molar-refractivity contribution is 0.496. The van der Waals surface area contributed by atoms with Gasteiger partial charge in [-0.15, -0.1) is 0 Å². The lowest BCUT2D eigenvalue weighted by atomic mass is 9.73. The molecule has 0 saturated heterocycles. The van der Waals surface area contributed by atoms with Gasteiger partial charge in [0.05, 0.1) is 5.54 Å². The molecule has 2 aromatic rings. The van der Waals surface area contributed by atoms with Crippen LogP contribution in [0.5, 0.6) is 0 Å². The Kier molecular flexibility index (Phi) is 3.28. The Balaban J connectivity index is 2.10. The zero-order chi connectivity index (χ0) is 14.9. The number of hydrogen-bond acceptors (Lipinski definition) is 3. The van der Waals surface area contributed by atoms with Crippen LogP contribution in [0.4, 0.5) is 11.4 Å². The molecule has 2 unspecified atom stereocenters. The highest BCUT2D eigenvalue weighted by Crippen LogP contribution is 2.40. The lowest BCUT2D eigenvalue weighted by Crippen LogP contribution is -2.41. The smallest absolute Gasteiger partial charge is 0.0704 e. The van der Waals surface area contributed by atoms with Crippen molar-refractivity contribution in [1.29, 1.82) is 0 Å². The summed E-state index contributed by atoms with van der Waals surface area (Å²) in [6, 6.07) is 15.6. The number of nitrogens with two attached hydrogens (primary N) is 3. The van der Waals surface area contributed by atoms with E-state index in [1.807, 2.05) is 60.7 Å². The van der Waals surface area contributed by atoms with Crippen molar-refractivity contribution >= 4 is 11.4 Å². The van der Waals surface area contributed by atoms with Crippen molar-refractivity contribution in [2.75, 3.05) is 11.5 Å². The average molecular weight is 277 g/mol. The van der Waals surface area contributed by atoms with Crippen LogP contribution in [-0.4, -0.2) is 0 Å². The van der Waals surface area contributed by atoms with E-state index in [0.29, 0.717) is 5.69 Å². The molecule has 0 saturated carbocycles. The van der Waals surface area contributed by atoms with Gasteiger partial charge in [-0.25, -0.2) is 0 Å². The minimum absolute atomic E-state index is 0.0211. The maximum atomic E-state index is 6.74. The molecule has 3 heteroatoms. The normalized spacial score (nSPS) is 24.1. The third kappa shape index (κ3) is 2.43. The molecule has 0 amide bonds. The molecule has 0 heterocycles. The molecular formula is C18H19N3. The Morgan fingerprint density at radius 1 is 0.857 bits per heavy atom. The topological polar surface area (TPSA) is 78.1 Å². The van der Waals surface area contributed by atoms with E-state index >= 15 is 0 Å². The molecule has 3 nitrogen and oxygen atoms in total. The Bertz CT molecular complexity index is 718. The first-order valence-corrected chi connectivity index (χ1v) is 6.96. The van der Waals surface area contributed by atoms with E-state index in [1.165, 1.54) is 0 Å². The molecule has 21 heavy (non-hydrogen) atoms. The minimum atomic E-state index is -0.627. The Labute approximate surface area is 124 Å². The summed E-state index contributed by atoms with van der Waals surface area (Å²) in [5.74, 6) is 0.0211. The van der Waals surface area contributed by atoms with Crippen LogP contribution >= 0.6 is 0 Å². The summed E-state index contributed by atoms with van der Waals surface area (Å²) in [4.78, 5) is 0. The molecule has 2 aromatic carbocycles. The van der Waals surface area contributed by atoms with Gasteiger partial charge in [-0.2, -0.15) is 0 Å². The van der Waals surface area contributed by atoms with Crippen LogP contribution in [0.25, 0.3) is 0 Å². The van der Waals surface area contributed by atoms with Crippen LogP contribution in [0.15, 0.2) is 72.8 Å². The van der Waals surface area contributed by atoms with E-state index in [2.05, 4.69) is 12.1 Å². The van der Waals surface area contributed by atoms with Crippen LogP contribution in [0.2, 0.25) is 0 Å². The van der Waals surface area contributed by atoms with Crippen LogP contribution in [0.1, 0.15) is 17.0 Å². The van der Waals surface area contributed by atoms with Crippen molar-refractivity contribution in [2.45, 2.75) is 11.5 Å². The maximum Gasteiger partial charge on any atom is 0.0704 e. The van der Waals surface area contributed by atoms with Gasteiger partial charge in [0.25, 0.3) is 0 Å². The second kappa shape index (κ2) is 5.11. The van der Waals surface area contributed by atoms with Gasteiger partial charge in [-0.05, 0) is 35.4 Å². The number of benzene rings is 2. The van der Waals surface area contributed by atoms with E-state index in [0.717, 1.165) is 16.8 Å². The van der Waals surface area contributed by atoms with Gasteiger partial charge in [-0.1, -0.05) is 48.6 Å². The molecule has 0 fully saturated rings. The fourth-order valence-corrected chi connectivity index (χ4v) is 2.88. The standard InChI is InChI=1S/C18H19N3/c19-15-7-3-5-13(11-15)17-9-1-2-10-18(17,21)14-6-4-8-16(20)12-14/h1-12,17H,19-21H2. The second-order valence-electron chi connectivity index (χ2n) is 5.45. The van der Waals surface area contributed by atoms with Crippen molar-refractivity contribution in [3.8, 4) is 0 Å². The van der Waals surface area contributed by atoms with Crippen LogP contribution < -0.4 is 17.2 Å². The highest BCUT2D eigenvalue weighted by Gasteiger charge is 2.35. The van der Waals surface area contributed by atoms with Gasteiger partial charge in [0.15, 0.2) is 0 Å². The third-order valence-corrected chi connectivity index (χ3v) is 3.96. The van der Waals surface area contributed by atoms with E-state index in [-0.39, 0.29) is 5.92 Å². The highest BCUT2D eigenvalue weighted by molar-refractivity contribution is 5.51. The van der Waals surface area contributed by atoms with Crippen molar-refractivity contribution in [2.24, 2.45) is 5.73 Å². The molecule has 0 radical (unpaired) electrons.